The largest absolute Gasteiger partial charge is 0.497 e. The monoisotopic (exact) mass is 377 g/mol. The van der Waals surface area contributed by atoms with Crippen LogP contribution >= 0.6 is 0 Å². The molecule has 7 nitrogen and oxygen atoms in total. The molecule has 2 aromatic heterocycles. The summed E-state index contributed by atoms with van der Waals surface area (Å²) in [4.78, 5) is 25.6. The van der Waals surface area contributed by atoms with E-state index < -0.39 is 0 Å². The molecule has 0 radical (unpaired) electrons. The molecule has 0 aliphatic heterocycles. The minimum Gasteiger partial charge on any atom is -0.497 e. The number of hydrogen-bond donors (Lipinski definition) is 1. The van der Waals surface area contributed by atoms with Crippen LogP contribution in [0.2, 0.25) is 0 Å². The Labute approximate surface area is 160 Å². The SMILES string of the molecule is COc1ccc(NC(=O)Cn2c(=O)c3cccn3c3ccccc32)c(OC)c1. The summed E-state index contributed by atoms with van der Waals surface area (Å²) in [5.74, 6) is 0.773. The summed E-state index contributed by atoms with van der Waals surface area (Å²) in [6.07, 6.45) is 1.84. The van der Waals surface area contributed by atoms with E-state index in [1.54, 1.807) is 31.4 Å². The summed E-state index contributed by atoms with van der Waals surface area (Å²) in [7, 11) is 3.07. The number of nitrogens with one attached hydrogen (secondary N) is 1. The van der Waals surface area contributed by atoms with E-state index in [2.05, 4.69) is 5.32 Å². The zero-order valence-corrected chi connectivity index (χ0v) is 15.5. The van der Waals surface area contributed by atoms with Crippen LogP contribution in [0.5, 0.6) is 11.5 Å². The zero-order valence-electron chi connectivity index (χ0n) is 15.5. The quantitative estimate of drug-likeness (QED) is 0.580. The molecule has 0 unspecified atom stereocenters. The van der Waals surface area contributed by atoms with E-state index in [0.29, 0.717) is 28.2 Å². The predicted molar refractivity (Wildman–Crippen MR) is 107 cm³/mol. The van der Waals surface area contributed by atoms with Crippen molar-refractivity contribution in [1.82, 2.24) is 8.97 Å². The van der Waals surface area contributed by atoms with Gasteiger partial charge in [0.1, 0.15) is 23.6 Å². The van der Waals surface area contributed by atoms with E-state index in [1.165, 1.54) is 11.7 Å². The van der Waals surface area contributed by atoms with Crippen LogP contribution in [0.4, 0.5) is 5.69 Å². The van der Waals surface area contributed by atoms with Crippen LogP contribution in [0.15, 0.2) is 65.6 Å². The normalized spacial score (nSPS) is 10.9. The van der Waals surface area contributed by atoms with E-state index in [4.69, 9.17) is 9.47 Å². The van der Waals surface area contributed by atoms with Crippen molar-refractivity contribution in [3.05, 3.63) is 71.1 Å². The molecule has 0 saturated carbocycles. The second-order valence-electron chi connectivity index (χ2n) is 6.26. The number of ether oxygens (including phenoxy) is 2. The third-order valence-electron chi connectivity index (χ3n) is 4.63. The van der Waals surface area contributed by atoms with Crippen LogP contribution in [0.25, 0.3) is 16.6 Å². The first-order valence-corrected chi connectivity index (χ1v) is 8.73. The summed E-state index contributed by atoms with van der Waals surface area (Å²) in [6, 6.07) is 16.2. The fraction of sp³-hybridized carbons (Fsp3) is 0.143. The van der Waals surface area contributed by atoms with Gasteiger partial charge in [-0.1, -0.05) is 12.1 Å². The molecule has 4 rings (SSSR count). The van der Waals surface area contributed by atoms with Gasteiger partial charge in [-0.25, -0.2) is 0 Å². The molecule has 142 valence electrons. The highest BCUT2D eigenvalue weighted by atomic mass is 16.5. The van der Waals surface area contributed by atoms with Gasteiger partial charge in [-0.3, -0.25) is 14.2 Å². The number of methoxy groups -OCH3 is 2. The molecule has 0 aliphatic carbocycles. The average Bonchev–Trinajstić information content (AvgIpc) is 3.22. The van der Waals surface area contributed by atoms with Crippen molar-refractivity contribution in [2.75, 3.05) is 19.5 Å². The van der Waals surface area contributed by atoms with Crippen LogP contribution in [-0.4, -0.2) is 29.1 Å². The third-order valence-corrected chi connectivity index (χ3v) is 4.63. The molecule has 1 amide bonds. The Bertz CT molecular complexity index is 1240. The molecular weight excluding hydrogens is 358 g/mol. The van der Waals surface area contributed by atoms with E-state index in [-0.39, 0.29) is 18.0 Å². The van der Waals surface area contributed by atoms with Crippen molar-refractivity contribution in [3.63, 3.8) is 0 Å². The topological polar surface area (TPSA) is 74.0 Å². The summed E-state index contributed by atoms with van der Waals surface area (Å²) in [5.41, 5.74) is 2.36. The Morgan fingerprint density at radius 1 is 0.964 bits per heavy atom. The first-order chi connectivity index (χ1) is 13.6. The number of amides is 1. The van der Waals surface area contributed by atoms with E-state index >= 15 is 0 Å². The smallest absolute Gasteiger partial charge is 0.275 e. The van der Waals surface area contributed by atoms with E-state index in [0.717, 1.165) is 5.52 Å². The maximum absolute atomic E-state index is 12.9. The molecule has 0 bridgehead atoms. The Balaban J connectivity index is 1.71. The Morgan fingerprint density at radius 2 is 1.71 bits per heavy atom. The number of aromatic nitrogens is 2. The average molecular weight is 377 g/mol. The second-order valence-corrected chi connectivity index (χ2v) is 6.26. The number of carbonyl (C=O) groups excluding carboxylic acids is 1. The number of nitrogens with zero attached hydrogens (tertiary/aromatic N) is 2. The molecule has 0 spiro atoms. The number of carbonyl (C=O) groups is 1. The molecular formula is C21H19N3O4. The number of fused-ring (bicyclic) bond motifs is 3. The van der Waals surface area contributed by atoms with Crippen molar-refractivity contribution in [2.24, 2.45) is 0 Å². The number of benzene rings is 2. The molecule has 7 heteroatoms. The molecule has 0 fully saturated rings. The number of rotatable bonds is 5. The Morgan fingerprint density at radius 3 is 2.46 bits per heavy atom. The fourth-order valence-corrected chi connectivity index (χ4v) is 3.30. The minimum atomic E-state index is -0.327. The number of hydrogen-bond acceptors (Lipinski definition) is 4. The molecule has 2 heterocycles. The van der Waals surface area contributed by atoms with Crippen LogP contribution < -0.4 is 20.3 Å². The van der Waals surface area contributed by atoms with Gasteiger partial charge in [0, 0.05) is 12.3 Å². The minimum absolute atomic E-state index is 0.115. The van der Waals surface area contributed by atoms with Crippen LogP contribution in [0, 0.1) is 0 Å². The van der Waals surface area contributed by atoms with E-state index in [9.17, 15) is 9.59 Å². The number of para-hydroxylation sites is 2. The molecule has 2 aromatic carbocycles. The maximum atomic E-state index is 12.9. The second kappa shape index (κ2) is 7.11. The Kier molecular flexibility index (Phi) is 4.49. The summed E-state index contributed by atoms with van der Waals surface area (Å²) < 4.78 is 13.8. The fourth-order valence-electron chi connectivity index (χ4n) is 3.30. The van der Waals surface area contributed by atoms with Crippen molar-refractivity contribution in [3.8, 4) is 11.5 Å². The molecule has 28 heavy (non-hydrogen) atoms. The zero-order chi connectivity index (χ0) is 19.7. The van der Waals surface area contributed by atoms with Crippen molar-refractivity contribution < 1.29 is 14.3 Å². The van der Waals surface area contributed by atoms with Gasteiger partial charge in [0.25, 0.3) is 5.56 Å². The maximum Gasteiger partial charge on any atom is 0.275 e. The highest BCUT2D eigenvalue weighted by Crippen LogP contribution is 2.29. The predicted octanol–water partition coefficient (Wildman–Crippen LogP) is 2.91. The van der Waals surface area contributed by atoms with Crippen molar-refractivity contribution >= 4 is 28.1 Å². The lowest BCUT2D eigenvalue weighted by atomic mass is 10.2. The van der Waals surface area contributed by atoms with Gasteiger partial charge in [-0.15, -0.1) is 0 Å². The summed E-state index contributed by atoms with van der Waals surface area (Å²) in [5, 5.41) is 2.81. The van der Waals surface area contributed by atoms with Crippen molar-refractivity contribution in [2.45, 2.75) is 6.54 Å². The van der Waals surface area contributed by atoms with Gasteiger partial charge in [0.15, 0.2) is 0 Å². The van der Waals surface area contributed by atoms with Crippen molar-refractivity contribution in [1.29, 1.82) is 0 Å². The van der Waals surface area contributed by atoms with Gasteiger partial charge < -0.3 is 19.2 Å². The molecule has 4 aromatic rings. The molecule has 1 N–H and O–H groups in total. The first kappa shape index (κ1) is 17.7. The third kappa shape index (κ3) is 2.96. The van der Waals surface area contributed by atoms with Gasteiger partial charge in [-0.2, -0.15) is 0 Å². The van der Waals surface area contributed by atoms with Gasteiger partial charge in [0.2, 0.25) is 5.91 Å². The van der Waals surface area contributed by atoms with Gasteiger partial charge >= 0.3 is 0 Å². The van der Waals surface area contributed by atoms with Crippen LogP contribution in [0.3, 0.4) is 0 Å². The standard InChI is InChI=1S/C21H19N3O4/c1-27-14-9-10-15(19(12-14)28-2)22-20(25)13-24-17-7-4-3-6-16(17)23-11-5-8-18(23)21(24)26/h3-12H,13H2,1-2H3,(H,22,25). The first-order valence-electron chi connectivity index (χ1n) is 8.73. The van der Waals surface area contributed by atoms with E-state index in [1.807, 2.05) is 40.9 Å². The lowest BCUT2D eigenvalue weighted by Crippen LogP contribution is -2.29. The summed E-state index contributed by atoms with van der Waals surface area (Å²) >= 11 is 0. The highest BCUT2D eigenvalue weighted by molar-refractivity contribution is 5.93. The Hall–Kier alpha value is -3.74. The lowest BCUT2D eigenvalue weighted by molar-refractivity contribution is -0.116. The van der Waals surface area contributed by atoms with Crippen LogP contribution in [-0.2, 0) is 11.3 Å². The van der Waals surface area contributed by atoms with Gasteiger partial charge in [-0.05, 0) is 36.4 Å². The molecule has 0 aliphatic rings. The lowest BCUT2D eigenvalue weighted by Gasteiger charge is -2.14. The molecule has 0 saturated heterocycles. The number of anilines is 1. The summed E-state index contributed by atoms with van der Waals surface area (Å²) in [6.45, 7) is -0.115. The molecule has 0 atom stereocenters. The highest BCUT2D eigenvalue weighted by Gasteiger charge is 2.14. The van der Waals surface area contributed by atoms with Gasteiger partial charge in [0.05, 0.1) is 30.9 Å². The van der Waals surface area contributed by atoms with Crippen LogP contribution in [0.1, 0.15) is 0 Å².